The predicted octanol–water partition coefficient (Wildman–Crippen LogP) is 8.89. The Morgan fingerprint density at radius 1 is 0.674 bits per heavy atom. The van der Waals surface area contributed by atoms with Gasteiger partial charge in [0.1, 0.15) is 11.4 Å². The third-order valence-electron chi connectivity index (χ3n) is 6.39. The molecule has 0 fully saturated rings. The van der Waals surface area contributed by atoms with Gasteiger partial charge in [0.15, 0.2) is 0 Å². The van der Waals surface area contributed by atoms with Gasteiger partial charge in [0.2, 0.25) is 0 Å². The number of benzene rings is 3. The predicted molar refractivity (Wildman–Crippen MR) is 192 cm³/mol. The Kier molecular flexibility index (Phi) is 12.0. The van der Waals surface area contributed by atoms with Crippen molar-refractivity contribution in [1.82, 2.24) is 0 Å². The lowest BCUT2D eigenvalue weighted by Gasteiger charge is -2.15. The standard InChI is InChI=1S/C11H12N2O2.C10H8Br2N2O.C10H7Cl3N2O/c1-8-7-11(14)13(12-8)9-3-5-10(15-2)6-4-9;1-6-4-10(15)14(13-6)9-5-7(11)2-3-8(9)12;1-5-2-9(16)15(14-5)10-7(12)3-6(11)4-8(10)13/h3-6H,7H2,1-2H3;2-3,5H,4H2,1H3;3-4H,2H2,1H3. The molecule has 10 nitrogen and oxygen atoms in total. The van der Waals surface area contributed by atoms with Crippen LogP contribution in [-0.2, 0) is 14.4 Å². The first-order valence-electron chi connectivity index (χ1n) is 13.6. The van der Waals surface area contributed by atoms with Gasteiger partial charge in [-0.2, -0.15) is 25.3 Å². The fourth-order valence-corrected chi connectivity index (χ4v) is 6.08. The topological polar surface area (TPSA) is 107 Å². The maximum atomic E-state index is 11.6. The molecule has 15 heteroatoms. The fourth-order valence-electron chi connectivity index (χ4n) is 4.34. The van der Waals surface area contributed by atoms with E-state index in [0.29, 0.717) is 33.6 Å². The van der Waals surface area contributed by atoms with E-state index in [4.69, 9.17) is 39.5 Å². The van der Waals surface area contributed by atoms with E-state index < -0.39 is 0 Å². The molecular weight excluding hydrogens is 787 g/mol. The van der Waals surface area contributed by atoms with Gasteiger partial charge in [-0.25, -0.2) is 5.01 Å². The van der Waals surface area contributed by atoms with Crippen molar-refractivity contribution in [3.05, 3.63) is 78.6 Å². The second-order valence-electron chi connectivity index (χ2n) is 10.2. The highest BCUT2D eigenvalue weighted by Crippen LogP contribution is 2.38. The number of amides is 3. The summed E-state index contributed by atoms with van der Waals surface area (Å²) in [6.45, 7) is 5.47. The number of rotatable bonds is 4. The zero-order valence-electron chi connectivity index (χ0n) is 25.0. The number of hydrogen-bond acceptors (Lipinski definition) is 7. The summed E-state index contributed by atoms with van der Waals surface area (Å²) in [6, 6.07) is 16.0. The van der Waals surface area contributed by atoms with Crippen molar-refractivity contribution in [2.24, 2.45) is 15.3 Å². The smallest absolute Gasteiger partial charge is 0.253 e. The van der Waals surface area contributed by atoms with Gasteiger partial charge in [-0.1, -0.05) is 50.7 Å². The first-order chi connectivity index (χ1) is 21.8. The molecular formula is C31H27Br2Cl3N6O4. The highest BCUT2D eigenvalue weighted by atomic mass is 79.9. The zero-order valence-corrected chi connectivity index (χ0v) is 30.5. The molecule has 3 aromatic carbocycles. The summed E-state index contributed by atoms with van der Waals surface area (Å²) in [4.78, 5) is 34.8. The number of methoxy groups -OCH3 is 1. The lowest BCUT2D eigenvalue weighted by Crippen LogP contribution is -2.20. The summed E-state index contributed by atoms with van der Waals surface area (Å²) < 4.78 is 6.82. The maximum Gasteiger partial charge on any atom is 0.253 e. The van der Waals surface area contributed by atoms with Crippen LogP contribution in [0.3, 0.4) is 0 Å². The lowest BCUT2D eigenvalue weighted by molar-refractivity contribution is -0.117. The van der Waals surface area contributed by atoms with Crippen LogP contribution < -0.4 is 19.8 Å². The molecule has 0 unspecified atom stereocenters. The molecule has 3 aliphatic heterocycles. The van der Waals surface area contributed by atoms with Crippen LogP contribution in [0.25, 0.3) is 0 Å². The van der Waals surface area contributed by atoms with Crippen molar-refractivity contribution in [3.63, 3.8) is 0 Å². The van der Waals surface area contributed by atoms with E-state index in [1.165, 1.54) is 27.2 Å². The maximum absolute atomic E-state index is 11.6. The second-order valence-corrected chi connectivity index (χ2v) is 13.2. The molecule has 3 aliphatic rings. The minimum absolute atomic E-state index is 0.00583. The molecule has 240 valence electrons. The summed E-state index contributed by atoms with van der Waals surface area (Å²) in [5, 5.41) is 17.5. The normalized spacial score (nSPS) is 15.6. The van der Waals surface area contributed by atoms with Crippen LogP contribution in [-0.4, -0.2) is 42.0 Å². The van der Waals surface area contributed by atoms with Crippen molar-refractivity contribution in [2.45, 2.75) is 40.0 Å². The van der Waals surface area contributed by atoms with Crippen molar-refractivity contribution < 1.29 is 19.1 Å². The highest BCUT2D eigenvalue weighted by molar-refractivity contribution is 9.11. The van der Waals surface area contributed by atoms with Crippen molar-refractivity contribution in [2.75, 3.05) is 22.1 Å². The van der Waals surface area contributed by atoms with Crippen LogP contribution in [0.2, 0.25) is 15.1 Å². The Bertz CT molecular complexity index is 1760. The van der Waals surface area contributed by atoms with Crippen LogP contribution >= 0.6 is 66.7 Å². The van der Waals surface area contributed by atoms with E-state index in [0.717, 1.165) is 43.2 Å². The van der Waals surface area contributed by atoms with Gasteiger partial charge >= 0.3 is 0 Å². The third kappa shape index (κ3) is 8.74. The molecule has 3 aromatic rings. The van der Waals surface area contributed by atoms with Crippen LogP contribution in [0.4, 0.5) is 17.1 Å². The van der Waals surface area contributed by atoms with Gasteiger partial charge in [0.05, 0.1) is 47.8 Å². The largest absolute Gasteiger partial charge is 0.497 e. The quantitative estimate of drug-likeness (QED) is 0.262. The number of halogens is 5. The van der Waals surface area contributed by atoms with Gasteiger partial charge in [-0.05, 0) is 91.3 Å². The van der Waals surface area contributed by atoms with Gasteiger partial charge in [0, 0.05) is 31.1 Å². The van der Waals surface area contributed by atoms with Crippen LogP contribution in [0.15, 0.2) is 78.8 Å². The second kappa shape index (κ2) is 15.5. The summed E-state index contributed by atoms with van der Waals surface area (Å²) >= 11 is 24.6. The minimum Gasteiger partial charge on any atom is -0.497 e. The number of carbonyl (C=O) groups is 3. The number of hydrazone groups is 3. The molecule has 0 saturated carbocycles. The van der Waals surface area contributed by atoms with Gasteiger partial charge in [-0.3, -0.25) is 14.4 Å². The van der Waals surface area contributed by atoms with E-state index in [1.54, 1.807) is 14.0 Å². The Morgan fingerprint density at radius 2 is 1.15 bits per heavy atom. The summed E-state index contributed by atoms with van der Waals surface area (Å²) in [6.07, 6.45) is 1.10. The van der Waals surface area contributed by atoms with Crippen molar-refractivity contribution >= 4 is 119 Å². The molecule has 0 spiro atoms. The Hall–Kier alpha value is -3.29. The molecule has 0 aromatic heterocycles. The van der Waals surface area contributed by atoms with Crippen LogP contribution in [0, 0.1) is 0 Å². The molecule has 0 radical (unpaired) electrons. The van der Waals surface area contributed by atoms with E-state index in [9.17, 15) is 14.4 Å². The SMILES string of the molecule is CC1=NN(c2c(Cl)cc(Cl)cc2Cl)C(=O)C1.CC1=NN(c2cc(Br)ccc2Br)C(=O)C1.COc1ccc(N2N=C(C)CC2=O)cc1. The average Bonchev–Trinajstić information content (AvgIpc) is 3.63. The molecule has 3 amide bonds. The molecule has 3 heterocycles. The number of carbonyl (C=O) groups excluding carboxylic acids is 3. The molecule has 0 atom stereocenters. The monoisotopic (exact) mass is 810 g/mol. The number of nitrogens with zero attached hydrogens (tertiary/aromatic N) is 6. The number of anilines is 3. The average molecular weight is 814 g/mol. The lowest BCUT2D eigenvalue weighted by atomic mass is 10.2. The van der Waals surface area contributed by atoms with E-state index in [2.05, 4.69) is 47.2 Å². The van der Waals surface area contributed by atoms with E-state index in [-0.39, 0.29) is 24.1 Å². The first-order valence-corrected chi connectivity index (χ1v) is 16.3. The van der Waals surface area contributed by atoms with E-state index >= 15 is 0 Å². The van der Waals surface area contributed by atoms with Crippen molar-refractivity contribution in [3.8, 4) is 5.75 Å². The summed E-state index contributed by atoms with van der Waals surface area (Å²) in [5.41, 5.74) is 4.34. The van der Waals surface area contributed by atoms with Gasteiger partial charge in [0.25, 0.3) is 17.7 Å². The summed E-state index contributed by atoms with van der Waals surface area (Å²) in [5.74, 6) is 0.638. The summed E-state index contributed by atoms with van der Waals surface area (Å²) in [7, 11) is 1.61. The Morgan fingerprint density at radius 3 is 1.61 bits per heavy atom. The Balaban J connectivity index is 0.000000157. The number of hydrogen-bond donors (Lipinski definition) is 0. The number of ether oxygens (including phenoxy) is 1. The third-order valence-corrected chi connectivity index (χ3v) is 8.35. The van der Waals surface area contributed by atoms with Crippen LogP contribution in [0.1, 0.15) is 40.0 Å². The van der Waals surface area contributed by atoms with Crippen LogP contribution in [0.5, 0.6) is 5.75 Å². The highest BCUT2D eigenvalue weighted by Gasteiger charge is 2.27. The fraction of sp³-hybridized carbons (Fsp3) is 0.226. The minimum atomic E-state index is -0.149. The molecule has 46 heavy (non-hydrogen) atoms. The van der Waals surface area contributed by atoms with Gasteiger partial charge < -0.3 is 4.74 Å². The first kappa shape index (κ1) is 35.6. The molecule has 0 saturated heterocycles. The van der Waals surface area contributed by atoms with E-state index in [1.807, 2.05) is 56.3 Å². The molecule has 0 bridgehead atoms. The molecule has 6 rings (SSSR count). The van der Waals surface area contributed by atoms with Gasteiger partial charge in [-0.15, -0.1) is 0 Å². The zero-order chi connectivity index (χ0) is 33.7. The molecule has 0 N–H and O–H groups in total. The molecule has 0 aliphatic carbocycles. The Labute approximate surface area is 297 Å². The van der Waals surface area contributed by atoms with Crippen molar-refractivity contribution in [1.29, 1.82) is 0 Å².